The molecule has 90 valence electrons. The summed E-state index contributed by atoms with van der Waals surface area (Å²) >= 11 is 5.03. The van der Waals surface area contributed by atoms with Crippen molar-refractivity contribution in [1.82, 2.24) is 10.7 Å². The fourth-order valence-corrected chi connectivity index (χ4v) is 2.10. The lowest BCUT2D eigenvalue weighted by atomic mass is 10.0. The quantitative estimate of drug-likeness (QED) is 0.454. The molecule has 17 heavy (non-hydrogen) atoms. The average molecular weight is 247 g/mol. The molecule has 0 radical (unpaired) electrons. The molecule has 0 amide bonds. The number of fused-ring (bicyclic) bond motifs is 1. The summed E-state index contributed by atoms with van der Waals surface area (Å²) in [5, 5.41) is 7.83. The number of thiocarbonyl (C=S) groups is 1. The molecule has 0 aliphatic heterocycles. The average Bonchev–Trinajstić information content (AvgIpc) is 2.58. The van der Waals surface area contributed by atoms with Crippen LogP contribution in [0.1, 0.15) is 30.4 Å². The minimum atomic E-state index is 0.555. The fourth-order valence-electron chi connectivity index (χ4n) is 2.05. The Morgan fingerprint density at radius 1 is 1.24 bits per heavy atom. The van der Waals surface area contributed by atoms with Gasteiger partial charge in [0.2, 0.25) is 0 Å². The summed E-state index contributed by atoms with van der Waals surface area (Å²) in [5.74, 6) is 0. The van der Waals surface area contributed by atoms with Gasteiger partial charge in [0.05, 0.1) is 5.71 Å². The van der Waals surface area contributed by atoms with Crippen LogP contribution in [0.4, 0.5) is 0 Å². The van der Waals surface area contributed by atoms with E-state index in [0.29, 0.717) is 5.11 Å². The Bertz CT molecular complexity index is 440. The number of nitrogens with zero attached hydrogens (tertiary/aromatic N) is 1. The van der Waals surface area contributed by atoms with E-state index in [9.17, 15) is 0 Å². The van der Waals surface area contributed by atoms with Gasteiger partial charge < -0.3 is 5.32 Å². The summed E-state index contributed by atoms with van der Waals surface area (Å²) in [6.07, 6.45) is 4.57. The molecule has 4 heteroatoms. The Labute approximate surface area is 107 Å². The number of hydrogen-bond acceptors (Lipinski definition) is 2. The standard InChI is InChI=1S/C13H17N3S/c1-14-13(17)16-15-12-9-5-3-7-10-6-2-4-8-11(10)12/h2,4,6,8H,3,5,7,9H2,1H3,(H2,14,16,17)/b15-12+. The van der Waals surface area contributed by atoms with Crippen molar-refractivity contribution in [2.45, 2.75) is 25.7 Å². The monoisotopic (exact) mass is 247 g/mol. The first-order valence-corrected chi connectivity index (χ1v) is 6.34. The molecule has 1 aliphatic carbocycles. The van der Waals surface area contributed by atoms with E-state index in [2.05, 4.69) is 40.1 Å². The highest BCUT2D eigenvalue weighted by Crippen LogP contribution is 2.20. The second kappa shape index (κ2) is 5.77. The van der Waals surface area contributed by atoms with Gasteiger partial charge in [-0.3, -0.25) is 5.43 Å². The number of nitrogens with one attached hydrogen (secondary N) is 2. The fraction of sp³-hybridized carbons (Fsp3) is 0.385. The molecule has 0 saturated carbocycles. The molecule has 0 heterocycles. The first kappa shape index (κ1) is 12.0. The van der Waals surface area contributed by atoms with E-state index in [1.165, 1.54) is 24.0 Å². The van der Waals surface area contributed by atoms with Gasteiger partial charge in [-0.1, -0.05) is 24.3 Å². The number of hydrogen-bond donors (Lipinski definition) is 2. The Morgan fingerprint density at radius 2 is 2.00 bits per heavy atom. The van der Waals surface area contributed by atoms with Gasteiger partial charge in [0.1, 0.15) is 0 Å². The van der Waals surface area contributed by atoms with Gasteiger partial charge in [0.15, 0.2) is 5.11 Å². The van der Waals surface area contributed by atoms with Gasteiger partial charge in [-0.05, 0) is 43.5 Å². The third kappa shape index (κ3) is 3.03. The van der Waals surface area contributed by atoms with Crippen LogP contribution in [0.15, 0.2) is 29.4 Å². The molecule has 0 saturated heterocycles. The molecular weight excluding hydrogens is 230 g/mol. The Hall–Kier alpha value is -1.42. The topological polar surface area (TPSA) is 36.4 Å². The molecule has 2 N–H and O–H groups in total. The van der Waals surface area contributed by atoms with Crippen LogP contribution in [-0.4, -0.2) is 17.9 Å². The van der Waals surface area contributed by atoms with Crippen LogP contribution >= 0.6 is 12.2 Å². The summed E-state index contributed by atoms with van der Waals surface area (Å²) in [6, 6.07) is 8.49. The number of rotatable bonds is 1. The SMILES string of the molecule is CNC(=S)N/N=C1\CCCCc2ccccc21. The zero-order valence-corrected chi connectivity index (χ0v) is 10.8. The minimum Gasteiger partial charge on any atom is -0.364 e. The number of aryl methyl sites for hydroxylation is 1. The zero-order chi connectivity index (χ0) is 12.1. The van der Waals surface area contributed by atoms with E-state index in [0.717, 1.165) is 18.6 Å². The molecule has 0 fully saturated rings. The molecular formula is C13H17N3S. The van der Waals surface area contributed by atoms with Crippen molar-refractivity contribution in [2.75, 3.05) is 7.05 Å². The molecule has 2 rings (SSSR count). The highest BCUT2D eigenvalue weighted by atomic mass is 32.1. The predicted octanol–water partition coefficient (Wildman–Crippen LogP) is 2.21. The van der Waals surface area contributed by atoms with E-state index >= 15 is 0 Å². The van der Waals surface area contributed by atoms with Crippen molar-refractivity contribution < 1.29 is 0 Å². The normalized spacial score (nSPS) is 17.1. The van der Waals surface area contributed by atoms with E-state index in [-0.39, 0.29) is 0 Å². The first-order valence-electron chi connectivity index (χ1n) is 5.94. The number of benzene rings is 1. The van der Waals surface area contributed by atoms with Crippen LogP contribution in [0.2, 0.25) is 0 Å². The predicted molar refractivity (Wildman–Crippen MR) is 75.3 cm³/mol. The molecule has 1 aliphatic rings. The Balaban J connectivity index is 2.25. The molecule has 0 unspecified atom stereocenters. The lowest BCUT2D eigenvalue weighted by molar-refractivity contribution is 0.773. The number of hydrazone groups is 1. The van der Waals surface area contributed by atoms with Crippen LogP contribution in [0, 0.1) is 0 Å². The van der Waals surface area contributed by atoms with E-state index < -0.39 is 0 Å². The van der Waals surface area contributed by atoms with Crippen molar-refractivity contribution in [1.29, 1.82) is 0 Å². The molecule has 0 spiro atoms. The van der Waals surface area contributed by atoms with Gasteiger partial charge in [0, 0.05) is 12.6 Å². The van der Waals surface area contributed by atoms with E-state index in [1.807, 2.05) is 0 Å². The van der Waals surface area contributed by atoms with Crippen LogP contribution in [0.3, 0.4) is 0 Å². The summed E-state index contributed by atoms with van der Waals surface area (Å²) in [5.41, 5.74) is 6.64. The van der Waals surface area contributed by atoms with Gasteiger partial charge in [-0.15, -0.1) is 0 Å². The summed E-state index contributed by atoms with van der Waals surface area (Å²) in [4.78, 5) is 0. The lowest BCUT2D eigenvalue weighted by Gasteiger charge is -2.08. The van der Waals surface area contributed by atoms with E-state index in [4.69, 9.17) is 12.2 Å². The summed E-state index contributed by atoms with van der Waals surface area (Å²) < 4.78 is 0. The highest BCUT2D eigenvalue weighted by molar-refractivity contribution is 7.80. The van der Waals surface area contributed by atoms with Crippen molar-refractivity contribution in [2.24, 2.45) is 5.10 Å². The molecule has 0 atom stereocenters. The molecule has 1 aromatic rings. The zero-order valence-electron chi connectivity index (χ0n) is 9.99. The maximum Gasteiger partial charge on any atom is 0.186 e. The van der Waals surface area contributed by atoms with Crippen LogP contribution in [0.25, 0.3) is 0 Å². The highest BCUT2D eigenvalue weighted by Gasteiger charge is 2.13. The summed E-state index contributed by atoms with van der Waals surface area (Å²) in [6.45, 7) is 0. The van der Waals surface area contributed by atoms with Crippen molar-refractivity contribution in [3.05, 3.63) is 35.4 Å². The van der Waals surface area contributed by atoms with Crippen LogP contribution in [-0.2, 0) is 6.42 Å². The largest absolute Gasteiger partial charge is 0.364 e. The van der Waals surface area contributed by atoms with Crippen LogP contribution < -0.4 is 10.7 Å². The van der Waals surface area contributed by atoms with Crippen LogP contribution in [0.5, 0.6) is 0 Å². The van der Waals surface area contributed by atoms with Gasteiger partial charge >= 0.3 is 0 Å². The maximum atomic E-state index is 5.03. The third-order valence-corrected chi connectivity index (χ3v) is 3.25. The van der Waals surface area contributed by atoms with Crippen molar-refractivity contribution >= 4 is 23.0 Å². The van der Waals surface area contributed by atoms with Gasteiger partial charge in [-0.2, -0.15) is 5.10 Å². The third-order valence-electron chi connectivity index (χ3n) is 2.96. The lowest BCUT2D eigenvalue weighted by Crippen LogP contribution is -2.29. The van der Waals surface area contributed by atoms with Gasteiger partial charge in [-0.25, -0.2) is 0 Å². The minimum absolute atomic E-state index is 0.555. The Kier molecular flexibility index (Phi) is 4.09. The second-order valence-electron chi connectivity index (χ2n) is 4.11. The Morgan fingerprint density at radius 3 is 2.82 bits per heavy atom. The first-order chi connectivity index (χ1) is 8.31. The molecule has 1 aromatic carbocycles. The van der Waals surface area contributed by atoms with Crippen molar-refractivity contribution in [3.8, 4) is 0 Å². The smallest absolute Gasteiger partial charge is 0.186 e. The molecule has 0 aromatic heterocycles. The summed E-state index contributed by atoms with van der Waals surface area (Å²) in [7, 11) is 1.79. The molecule has 0 bridgehead atoms. The molecule has 3 nitrogen and oxygen atoms in total. The van der Waals surface area contributed by atoms with Gasteiger partial charge in [0.25, 0.3) is 0 Å². The van der Waals surface area contributed by atoms with Crippen molar-refractivity contribution in [3.63, 3.8) is 0 Å². The maximum absolute atomic E-state index is 5.03. The second-order valence-corrected chi connectivity index (χ2v) is 4.52. The van der Waals surface area contributed by atoms with E-state index in [1.54, 1.807) is 7.05 Å².